The van der Waals surface area contributed by atoms with Crippen LogP contribution in [0.5, 0.6) is 5.75 Å². The van der Waals surface area contributed by atoms with Gasteiger partial charge in [-0.1, -0.05) is 41.5 Å². The molecule has 0 aliphatic carbocycles. The van der Waals surface area contributed by atoms with Gasteiger partial charge in [0, 0.05) is 0 Å². The zero-order valence-electron chi connectivity index (χ0n) is 20.8. The molecule has 0 fully saturated rings. The Morgan fingerprint density at radius 2 is 1.26 bits per heavy atom. The van der Waals surface area contributed by atoms with Gasteiger partial charge in [0.25, 0.3) is 8.32 Å². The van der Waals surface area contributed by atoms with Crippen LogP contribution in [0.2, 0.25) is 16.6 Å². The summed E-state index contributed by atoms with van der Waals surface area (Å²) >= 11 is 0. The van der Waals surface area contributed by atoms with Crippen molar-refractivity contribution in [3.63, 3.8) is 0 Å². The summed E-state index contributed by atoms with van der Waals surface area (Å²) in [7, 11) is -9.80. The number of hydrogen-bond donors (Lipinski definition) is 0. The van der Waals surface area contributed by atoms with Crippen molar-refractivity contribution < 1.29 is 26.5 Å². The first-order valence-electron chi connectivity index (χ1n) is 11.1. The van der Waals surface area contributed by atoms with Gasteiger partial charge in [-0.15, -0.1) is 0 Å². The fraction of sp³-hybridized carbons (Fsp3) is 0.727. The molecule has 1 aromatic carbocycles. The molecule has 0 heterocycles. The highest BCUT2D eigenvalue weighted by atomic mass is 32.2. The van der Waals surface area contributed by atoms with Crippen molar-refractivity contribution >= 4 is 25.8 Å². The highest BCUT2D eigenvalue weighted by Gasteiger charge is 2.47. The Balaban J connectivity index is 3.44. The molecule has 0 bridgehead atoms. The van der Waals surface area contributed by atoms with E-state index in [4.69, 9.17) is 13.5 Å². The summed E-state index contributed by atoms with van der Waals surface area (Å²) in [4.78, 5) is 0.111. The van der Waals surface area contributed by atoms with E-state index < -0.39 is 31.2 Å². The monoisotopic (exact) mass is 492 g/mol. The van der Waals surface area contributed by atoms with Gasteiger partial charge < -0.3 is 13.5 Å². The van der Waals surface area contributed by atoms with Gasteiger partial charge in [0.1, 0.15) is 5.75 Å². The number of sulfone groups is 1. The van der Waals surface area contributed by atoms with Crippen LogP contribution < -0.4 is 4.43 Å². The van der Waals surface area contributed by atoms with Crippen molar-refractivity contribution in [2.24, 2.45) is 0 Å². The molecule has 0 N–H and O–H groups in total. The molecular weight excluding hydrogens is 451 g/mol. The third-order valence-corrected chi connectivity index (χ3v) is 16.6. The third-order valence-electron chi connectivity index (χ3n) is 5.76. The predicted molar refractivity (Wildman–Crippen MR) is 131 cm³/mol. The van der Waals surface area contributed by atoms with Crippen molar-refractivity contribution in [2.75, 3.05) is 18.7 Å². The number of aryl methyl sites for hydroxylation is 2. The van der Waals surface area contributed by atoms with E-state index in [0.717, 1.165) is 16.9 Å². The lowest BCUT2D eigenvalue weighted by molar-refractivity contribution is 0.224. The van der Waals surface area contributed by atoms with Crippen LogP contribution in [0.4, 0.5) is 0 Å². The minimum absolute atomic E-state index is 0.111. The van der Waals surface area contributed by atoms with Crippen LogP contribution in [0, 0.1) is 13.8 Å². The van der Waals surface area contributed by atoms with Crippen LogP contribution in [-0.2, 0) is 23.4 Å². The van der Waals surface area contributed by atoms with Crippen molar-refractivity contribution in [1.82, 2.24) is 0 Å². The summed E-state index contributed by atoms with van der Waals surface area (Å²) in [6.45, 7) is 20.6. The topological polar surface area (TPSA) is 78.9 Å². The van der Waals surface area contributed by atoms with Gasteiger partial charge in [-0.05, 0) is 67.6 Å². The maximum Gasteiger partial charge on any atom is 0.346 e. The van der Waals surface area contributed by atoms with E-state index in [2.05, 4.69) is 41.5 Å². The minimum atomic E-state index is -3.87. The molecular formula is C22H41O6PSSi. The molecule has 9 heteroatoms. The maximum atomic E-state index is 13.1. The van der Waals surface area contributed by atoms with E-state index in [-0.39, 0.29) is 18.1 Å². The molecule has 6 nitrogen and oxygen atoms in total. The Morgan fingerprint density at radius 1 is 0.871 bits per heavy atom. The second-order valence-corrected chi connectivity index (χ2v) is 18.8. The van der Waals surface area contributed by atoms with E-state index in [9.17, 15) is 13.0 Å². The maximum absolute atomic E-state index is 13.1. The average Bonchev–Trinajstić information content (AvgIpc) is 2.59. The molecule has 0 aliphatic rings. The van der Waals surface area contributed by atoms with Crippen LogP contribution in [0.1, 0.15) is 66.5 Å². The van der Waals surface area contributed by atoms with Gasteiger partial charge in [-0.25, -0.2) is 8.42 Å². The van der Waals surface area contributed by atoms with E-state index in [1.165, 1.54) is 0 Å². The van der Waals surface area contributed by atoms with Gasteiger partial charge in [-0.3, -0.25) is 4.57 Å². The molecule has 0 amide bonds. The summed E-state index contributed by atoms with van der Waals surface area (Å²) in [5, 5.41) is 0. The first-order valence-corrected chi connectivity index (χ1v) is 16.6. The van der Waals surface area contributed by atoms with Crippen molar-refractivity contribution in [2.45, 2.75) is 90.8 Å². The van der Waals surface area contributed by atoms with E-state index >= 15 is 0 Å². The molecule has 0 saturated heterocycles. The summed E-state index contributed by atoms with van der Waals surface area (Å²) in [5.74, 6) is 0.763. The second kappa shape index (κ2) is 11.0. The largest absolute Gasteiger partial charge is 0.542 e. The van der Waals surface area contributed by atoms with Gasteiger partial charge in [-0.2, -0.15) is 0 Å². The second-order valence-electron chi connectivity index (χ2n) is 9.00. The molecule has 31 heavy (non-hydrogen) atoms. The highest BCUT2D eigenvalue weighted by molar-refractivity contribution is 7.97. The minimum Gasteiger partial charge on any atom is -0.542 e. The third kappa shape index (κ3) is 6.44. The molecule has 1 rings (SSSR count). The molecule has 0 unspecified atom stereocenters. The summed E-state index contributed by atoms with van der Waals surface area (Å²) < 4.78 is 56.1. The molecule has 0 saturated carbocycles. The molecule has 0 aromatic heterocycles. The number of hydrogen-bond acceptors (Lipinski definition) is 6. The first kappa shape index (κ1) is 28.4. The Morgan fingerprint density at radius 3 is 1.58 bits per heavy atom. The van der Waals surface area contributed by atoms with Gasteiger partial charge in [0.05, 0.1) is 18.1 Å². The van der Waals surface area contributed by atoms with Crippen LogP contribution in [-0.4, -0.2) is 35.4 Å². The highest BCUT2D eigenvalue weighted by Crippen LogP contribution is 2.50. The fourth-order valence-electron chi connectivity index (χ4n) is 4.57. The lowest BCUT2D eigenvalue weighted by Gasteiger charge is -2.43. The van der Waals surface area contributed by atoms with Crippen LogP contribution >= 0.6 is 7.60 Å². The Labute approximate surface area is 190 Å². The normalized spacial score (nSPS) is 13.5. The van der Waals surface area contributed by atoms with E-state index in [1.807, 2.05) is 13.8 Å². The smallest absolute Gasteiger partial charge is 0.346 e. The molecule has 0 aliphatic heterocycles. The van der Waals surface area contributed by atoms with E-state index in [0.29, 0.717) is 16.6 Å². The number of rotatable bonds is 12. The standard InChI is InChI=1S/C22H41O6PSSi/c1-11-26-29(23,27-12-2)15-30(24,25)21-13-19(9)22(20(10)14-21)28-31(16(3)4,17(5)6)18(7)8/h13-14,16-18H,11-12,15H2,1-10H3. The first-order chi connectivity index (χ1) is 14.2. The Hall–Kier alpha value is -0.663. The summed E-state index contributed by atoms with van der Waals surface area (Å²) in [5.41, 5.74) is 2.05. The molecule has 180 valence electrons. The van der Waals surface area contributed by atoms with Crippen molar-refractivity contribution in [3.05, 3.63) is 23.3 Å². The average molecular weight is 493 g/mol. The zero-order valence-corrected chi connectivity index (χ0v) is 23.5. The Kier molecular flexibility index (Phi) is 10.0. The van der Waals surface area contributed by atoms with Crippen LogP contribution in [0.3, 0.4) is 0 Å². The van der Waals surface area contributed by atoms with Crippen molar-refractivity contribution in [3.8, 4) is 5.75 Å². The quantitative estimate of drug-likeness (QED) is 0.234. The SMILES string of the molecule is CCOP(=O)(CS(=O)(=O)c1cc(C)c(O[Si](C(C)C)(C(C)C)C(C)C)c(C)c1)OCC. The summed E-state index contributed by atoms with van der Waals surface area (Å²) in [6, 6.07) is 3.22. The predicted octanol–water partition coefficient (Wildman–Crippen LogP) is 6.86. The lowest BCUT2D eigenvalue weighted by atomic mass is 10.1. The van der Waals surface area contributed by atoms with Crippen LogP contribution in [0.25, 0.3) is 0 Å². The van der Waals surface area contributed by atoms with E-state index in [1.54, 1.807) is 26.0 Å². The molecule has 0 radical (unpaired) electrons. The lowest BCUT2D eigenvalue weighted by Crippen LogP contribution is -2.51. The van der Waals surface area contributed by atoms with Gasteiger partial charge >= 0.3 is 7.60 Å². The molecule has 0 atom stereocenters. The van der Waals surface area contributed by atoms with Gasteiger partial charge in [0.15, 0.2) is 15.3 Å². The summed E-state index contributed by atoms with van der Waals surface area (Å²) in [6.07, 6.45) is 0. The molecule has 1 aromatic rings. The number of benzene rings is 1. The zero-order chi connectivity index (χ0) is 24.2. The van der Waals surface area contributed by atoms with Crippen molar-refractivity contribution in [1.29, 1.82) is 0 Å². The molecule has 0 spiro atoms. The van der Waals surface area contributed by atoms with Crippen LogP contribution in [0.15, 0.2) is 17.0 Å². The Bertz CT molecular complexity index is 840. The fourth-order valence-corrected chi connectivity index (χ4v) is 14.4. The van der Waals surface area contributed by atoms with Gasteiger partial charge in [0.2, 0.25) is 0 Å².